The first-order valence-electron chi connectivity index (χ1n) is 6.22. The first-order valence-corrected chi connectivity index (χ1v) is 7.38. The molecule has 0 aromatic heterocycles. The Morgan fingerprint density at radius 2 is 2.00 bits per heavy atom. The van der Waals surface area contributed by atoms with Crippen LogP contribution in [-0.2, 0) is 0 Å². The first-order chi connectivity index (χ1) is 8.42. The van der Waals surface area contributed by atoms with E-state index in [1.165, 1.54) is 34.4 Å². The van der Waals surface area contributed by atoms with Gasteiger partial charge >= 0.3 is 0 Å². The van der Waals surface area contributed by atoms with Gasteiger partial charge in [-0.2, -0.15) is 11.8 Å². The predicted molar refractivity (Wildman–Crippen MR) is 77.9 cm³/mol. The highest BCUT2D eigenvalue weighted by Gasteiger charge is 2.14. The molecule has 2 aromatic carbocycles. The van der Waals surface area contributed by atoms with Gasteiger partial charge in [0.1, 0.15) is 0 Å². The predicted octanol–water partition coefficient (Wildman–Crippen LogP) is 4.00. The fraction of sp³-hybridized carbons (Fsp3) is 0.333. The number of thioether (sulfide) groups is 1. The molecule has 0 saturated carbocycles. The van der Waals surface area contributed by atoms with Gasteiger partial charge in [0, 0.05) is 12.2 Å². The van der Waals surface area contributed by atoms with E-state index < -0.39 is 0 Å². The molecule has 0 radical (unpaired) electrons. The summed E-state index contributed by atoms with van der Waals surface area (Å²) < 4.78 is 0. The molecule has 88 valence electrons. The second-order valence-corrected chi connectivity index (χ2v) is 5.82. The summed E-state index contributed by atoms with van der Waals surface area (Å²) in [7, 11) is 0. The Hall–Kier alpha value is -1.15. The van der Waals surface area contributed by atoms with Gasteiger partial charge in [0.25, 0.3) is 0 Å². The number of rotatable bonds is 3. The molecular weight excluding hydrogens is 226 g/mol. The van der Waals surface area contributed by atoms with Gasteiger partial charge in [-0.15, -0.1) is 0 Å². The zero-order chi connectivity index (χ0) is 11.5. The summed E-state index contributed by atoms with van der Waals surface area (Å²) in [4.78, 5) is 0. The molecule has 1 nitrogen and oxygen atoms in total. The summed E-state index contributed by atoms with van der Waals surface area (Å²) in [6.07, 6.45) is 1.37. The van der Waals surface area contributed by atoms with Gasteiger partial charge in [-0.05, 0) is 46.7 Å². The van der Waals surface area contributed by atoms with E-state index in [4.69, 9.17) is 0 Å². The first kappa shape index (κ1) is 11.0. The van der Waals surface area contributed by atoms with Gasteiger partial charge < -0.3 is 5.32 Å². The maximum atomic E-state index is 3.57. The molecule has 3 rings (SSSR count). The number of nitrogens with one attached hydrogen (secondary N) is 1. The van der Waals surface area contributed by atoms with Crippen LogP contribution >= 0.6 is 11.8 Å². The third kappa shape index (κ3) is 2.58. The lowest BCUT2D eigenvalue weighted by Gasteiger charge is -2.11. The van der Waals surface area contributed by atoms with Crippen molar-refractivity contribution < 1.29 is 0 Å². The molecule has 1 fully saturated rings. The van der Waals surface area contributed by atoms with E-state index >= 15 is 0 Å². The standard InChI is InChI=1S/C15H17NS/c1-2-4-14-9-15(6-5-13(14)3-1)16-10-12-7-8-17-11-12/h1-6,9,12,16H,7-8,10-11H2. The Bertz CT molecular complexity index is 503. The molecule has 1 N–H and O–H groups in total. The summed E-state index contributed by atoms with van der Waals surface area (Å²) in [5, 5.41) is 6.20. The van der Waals surface area contributed by atoms with Crippen LogP contribution in [0.4, 0.5) is 5.69 Å². The lowest BCUT2D eigenvalue weighted by atomic mass is 10.1. The Labute approximate surface area is 107 Å². The highest BCUT2D eigenvalue weighted by Crippen LogP contribution is 2.24. The Morgan fingerprint density at radius 1 is 1.12 bits per heavy atom. The third-order valence-electron chi connectivity index (χ3n) is 3.37. The molecule has 1 aliphatic heterocycles. The van der Waals surface area contributed by atoms with E-state index in [2.05, 4.69) is 59.5 Å². The molecule has 1 atom stereocenters. The molecule has 17 heavy (non-hydrogen) atoms. The smallest absolute Gasteiger partial charge is 0.0346 e. The molecule has 1 unspecified atom stereocenters. The van der Waals surface area contributed by atoms with Crippen molar-refractivity contribution in [1.82, 2.24) is 0 Å². The average molecular weight is 243 g/mol. The van der Waals surface area contributed by atoms with Gasteiger partial charge in [0.15, 0.2) is 0 Å². The summed E-state index contributed by atoms with van der Waals surface area (Å²) in [6, 6.07) is 15.1. The molecule has 0 amide bonds. The van der Waals surface area contributed by atoms with Crippen molar-refractivity contribution in [3.8, 4) is 0 Å². The summed E-state index contributed by atoms with van der Waals surface area (Å²) in [6.45, 7) is 1.12. The van der Waals surface area contributed by atoms with Crippen molar-refractivity contribution in [1.29, 1.82) is 0 Å². The SMILES string of the molecule is c1ccc2cc(NCC3CCSC3)ccc2c1. The van der Waals surface area contributed by atoms with Crippen molar-refractivity contribution in [2.75, 3.05) is 23.4 Å². The zero-order valence-corrected chi connectivity index (χ0v) is 10.7. The summed E-state index contributed by atoms with van der Waals surface area (Å²) >= 11 is 2.08. The van der Waals surface area contributed by atoms with E-state index in [0.29, 0.717) is 0 Å². The van der Waals surface area contributed by atoms with E-state index in [1.807, 2.05) is 0 Å². The van der Waals surface area contributed by atoms with Crippen LogP contribution in [0.3, 0.4) is 0 Å². The summed E-state index contributed by atoms with van der Waals surface area (Å²) in [5.41, 5.74) is 1.25. The normalized spacial score (nSPS) is 19.6. The van der Waals surface area contributed by atoms with Crippen molar-refractivity contribution in [3.63, 3.8) is 0 Å². The fourth-order valence-corrected chi connectivity index (χ4v) is 3.59. The number of hydrogen-bond donors (Lipinski definition) is 1. The topological polar surface area (TPSA) is 12.0 Å². The minimum absolute atomic E-state index is 0.853. The van der Waals surface area contributed by atoms with Gasteiger partial charge in [-0.1, -0.05) is 30.3 Å². The van der Waals surface area contributed by atoms with Crippen LogP contribution in [0.2, 0.25) is 0 Å². The van der Waals surface area contributed by atoms with Crippen LogP contribution in [0.5, 0.6) is 0 Å². The summed E-state index contributed by atoms with van der Waals surface area (Å²) in [5.74, 6) is 3.51. The number of anilines is 1. The van der Waals surface area contributed by atoms with E-state index in [9.17, 15) is 0 Å². The van der Waals surface area contributed by atoms with E-state index in [1.54, 1.807) is 0 Å². The minimum Gasteiger partial charge on any atom is -0.385 e. The lowest BCUT2D eigenvalue weighted by molar-refractivity contribution is 0.632. The quantitative estimate of drug-likeness (QED) is 0.874. The molecule has 0 spiro atoms. The van der Waals surface area contributed by atoms with Crippen LogP contribution in [-0.4, -0.2) is 18.1 Å². The molecular formula is C15H17NS. The van der Waals surface area contributed by atoms with Crippen molar-refractivity contribution in [2.24, 2.45) is 5.92 Å². The molecule has 0 bridgehead atoms. The Kier molecular flexibility index (Phi) is 3.23. The minimum atomic E-state index is 0.853. The molecule has 0 aliphatic carbocycles. The molecule has 1 saturated heterocycles. The highest BCUT2D eigenvalue weighted by molar-refractivity contribution is 7.99. The van der Waals surface area contributed by atoms with Gasteiger partial charge in [0.2, 0.25) is 0 Å². The van der Waals surface area contributed by atoms with Gasteiger partial charge in [0.05, 0.1) is 0 Å². The Morgan fingerprint density at radius 3 is 2.82 bits per heavy atom. The van der Waals surface area contributed by atoms with Crippen LogP contribution in [0.15, 0.2) is 42.5 Å². The highest BCUT2D eigenvalue weighted by atomic mass is 32.2. The average Bonchev–Trinajstić information content (AvgIpc) is 2.89. The van der Waals surface area contributed by atoms with Crippen molar-refractivity contribution >= 4 is 28.2 Å². The van der Waals surface area contributed by atoms with Crippen LogP contribution < -0.4 is 5.32 Å². The van der Waals surface area contributed by atoms with Gasteiger partial charge in [-0.3, -0.25) is 0 Å². The maximum Gasteiger partial charge on any atom is 0.0346 e. The molecule has 1 heterocycles. The van der Waals surface area contributed by atoms with E-state index in [-0.39, 0.29) is 0 Å². The van der Waals surface area contributed by atoms with Crippen molar-refractivity contribution in [3.05, 3.63) is 42.5 Å². The zero-order valence-electron chi connectivity index (χ0n) is 9.86. The fourth-order valence-electron chi connectivity index (χ4n) is 2.31. The van der Waals surface area contributed by atoms with Crippen LogP contribution in [0.25, 0.3) is 10.8 Å². The molecule has 2 heteroatoms. The molecule has 1 aliphatic rings. The molecule has 2 aromatic rings. The third-order valence-corrected chi connectivity index (χ3v) is 4.60. The number of hydrogen-bond acceptors (Lipinski definition) is 2. The van der Waals surface area contributed by atoms with Crippen LogP contribution in [0, 0.1) is 5.92 Å². The van der Waals surface area contributed by atoms with Gasteiger partial charge in [-0.25, -0.2) is 0 Å². The largest absolute Gasteiger partial charge is 0.385 e. The number of fused-ring (bicyclic) bond motifs is 1. The second kappa shape index (κ2) is 5.01. The van der Waals surface area contributed by atoms with Crippen LogP contribution in [0.1, 0.15) is 6.42 Å². The second-order valence-electron chi connectivity index (χ2n) is 4.67. The van der Waals surface area contributed by atoms with Crippen molar-refractivity contribution in [2.45, 2.75) is 6.42 Å². The maximum absolute atomic E-state index is 3.57. The number of benzene rings is 2. The monoisotopic (exact) mass is 243 g/mol. The van der Waals surface area contributed by atoms with E-state index in [0.717, 1.165) is 12.5 Å². The Balaban J connectivity index is 1.72. The lowest BCUT2D eigenvalue weighted by Crippen LogP contribution is -2.13.